The molecule has 0 bridgehead atoms. The lowest BCUT2D eigenvalue weighted by molar-refractivity contribution is -0.121. The number of nitrogens with one attached hydrogen (secondary N) is 1. The highest BCUT2D eigenvalue weighted by Gasteiger charge is 2.12. The predicted molar refractivity (Wildman–Crippen MR) is 124 cm³/mol. The minimum Gasteiger partial charge on any atom is -0.497 e. The van der Waals surface area contributed by atoms with Crippen LogP contribution in [0.15, 0.2) is 48.5 Å². The van der Waals surface area contributed by atoms with Crippen LogP contribution in [-0.4, -0.2) is 30.9 Å². The summed E-state index contributed by atoms with van der Waals surface area (Å²) in [5.74, 6) is 1.74. The standard InChI is InChI=1S/C26H35NO4/c1-5-22(18-20-10-14-24(15-11-20)31-19(2)3)27-26(29)9-7-6-8-25(28)21-12-16-23(30-4)17-13-21/h10-17,19,22H,5-9,18H2,1-4H3,(H,27,29)/t22-/m1/s1. The van der Waals surface area contributed by atoms with E-state index < -0.39 is 0 Å². The summed E-state index contributed by atoms with van der Waals surface area (Å²) in [6.45, 7) is 6.09. The van der Waals surface area contributed by atoms with Crippen LogP contribution in [0, 0.1) is 0 Å². The summed E-state index contributed by atoms with van der Waals surface area (Å²) < 4.78 is 10.8. The molecule has 168 valence electrons. The molecule has 2 aromatic rings. The van der Waals surface area contributed by atoms with Gasteiger partial charge in [0.1, 0.15) is 11.5 Å². The molecular weight excluding hydrogens is 390 g/mol. The number of ether oxygens (including phenoxy) is 2. The van der Waals surface area contributed by atoms with Crippen molar-refractivity contribution in [3.8, 4) is 11.5 Å². The lowest BCUT2D eigenvalue weighted by Gasteiger charge is -2.17. The minimum absolute atomic E-state index is 0.0449. The monoisotopic (exact) mass is 425 g/mol. The fourth-order valence-electron chi connectivity index (χ4n) is 3.35. The minimum atomic E-state index is 0.0449. The van der Waals surface area contributed by atoms with Crippen LogP contribution >= 0.6 is 0 Å². The second kappa shape index (κ2) is 12.8. The number of carbonyl (C=O) groups is 2. The molecule has 31 heavy (non-hydrogen) atoms. The second-order valence-corrected chi connectivity index (χ2v) is 8.05. The molecule has 0 heterocycles. The SMILES string of the molecule is CC[C@H](Cc1ccc(OC(C)C)cc1)NC(=O)CCCCC(=O)c1ccc(OC)cc1. The summed E-state index contributed by atoms with van der Waals surface area (Å²) in [4.78, 5) is 24.6. The van der Waals surface area contributed by atoms with Gasteiger partial charge in [-0.3, -0.25) is 9.59 Å². The van der Waals surface area contributed by atoms with Gasteiger partial charge < -0.3 is 14.8 Å². The molecule has 0 saturated carbocycles. The second-order valence-electron chi connectivity index (χ2n) is 8.05. The van der Waals surface area contributed by atoms with Crippen LogP contribution in [-0.2, 0) is 11.2 Å². The maximum absolute atomic E-state index is 12.3. The van der Waals surface area contributed by atoms with Crippen molar-refractivity contribution in [3.05, 3.63) is 59.7 Å². The third-order valence-electron chi connectivity index (χ3n) is 5.10. The fraction of sp³-hybridized carbons (Fsp3) is 0.462. The number of ketones is 1. The number of carbonyl (C=O) groups excluding carboxylic acids is 2. The van der Waals surface area contributed by atoms with E-state index >= 15 is 0 Å². The number of Topliss-reactive ketones (excluding diaryl/α,β-unsaturated/α-hetero) is 1. The van der Waals surface area contributed by atoms with Crippen molar-refractivity contribution in [2.45, 2.75) is 71.4 Å². The van der Waals surface area contributed by atoms with Crippen molar-refractivity contribution >= 4 is 11.7 Å². The van der Waals surface area contributed by atoms with Crippen LogP contribution in [0.4, 0.5) is 0 Å². The predicted octanol–water partition coefficient (Wildman–Crippen LogP) is 5.36. The number of rotatable bonds is 13. The Balaban J connectivity index is 1.70. The molecule has 0 unspecified atom stereocenters. The summed E-state index contributed by atoms with van der Waals surface area (Å²) in [6, 6.07) is 15.3. The third-order valence-corrected chi connectivity index (χ3v) is 5.10. The van der Waals surface area contributed by atoms with Crippen molar-refractivity contribution in [2.24, 2.45) is 0 Å². The van der Waals surface area contributed by atoms with E-state index in [1.165, 1.54) is 5.56 Å². The van der Waals surface area contributed by atoms with Gasteiger partial charge in [0.2, 0.25) is 5.91 Å². The largest absolute Gasteiger partial charge is 0.497 e. The molecule has 1 atom stereocenters. The molecule has 0 aliphatic carbocycles. The van der Waals surface area contributed by atoms with E-state index in [0.29, 0.717) is 31.2 Å². The molecular formula is C26H35NO4. The summed E-state index contributed by atoms with van der Waals surface area (Å²) in [5, 5.41) is 3.13. The molecule has 0 radical (unpaired) electrons. The van der Waals surface area contributed by atoms with Gasteiger partial charge in [0.25, 0.3) is 0 Å². The van der Waals surface area contributed by atoms with Gasteiger partial charge in [-0.1, -0.05) is 19.1 Å². The maximum Gasteiger partial charge on any atom is 0.220 e. The molecule has 0 saturated heterocycles. The van der Waals surface area contributed by atoms with Crippen LogP contribution in [0.25, 0.3) is 0 Å². The zero-order valence-corrected chi connectivity index (χ0v) is 19.1. The van der Waals surface area contributed by atoms with Crippen molar-refractivity contribution in [1.82, 2.24) is 5.32 Å². The highest BCUT2D eigenvalue weighted by Crippen LogP contribution is 2.16. The Bertz CT molecular complexity index is 812. The van der Waals surface area contributed by atoms with Gasteiger partial charge in [0.15, 0.2) is 5.78 Å². The Labute approximate surface area is 186 Å². The van der Waals surface area contributed by atoms with E-state index in [-0.39, 0.29) is 23.8 Å². The Morgan fingerprint density at radius 2 is 1.52 bits per heavy atom. The molecule has 0 aliphatic rings. The fourth-order valence-corrected chi connectivity index (χ4v) is 3.35. The molecule has 2 aromatic carbocycles. The lowest BCUT2D eigenvalue weighted by atomic mass is 10.0. The molecule has 0 aliphatic heterocycles. The van der Waals surface area contributed by atoms with Crippen LogP contribution in [0.3, 0.4) is 0 Å². The van der Waals surface area contributed by atoms with Crippen LogP contribution in [0.1, 0.15) is 68.8 Å². The Kier molecular flexibility index (Phi) is 10.1. The Morgan fingerprint density at radius 3 is 2.10 bits per heavy atom. The lowest BCUT2D eigenvalue weighted by Crippen LogP contribution is -2.35. The average molecular weight is 426 g/mol. The summed E-state index contributed by atoms with van der Waals surface area (Å²) in [5.41, 5.74) is 1.86. The normalized spacial score (nSPS) is 11.8. The third kappa shape index (κ3) is 8.83. The summed E-state index contributed by atoms with van der Waals surface area (Å²) >= 11 is 0. The topological polar surface area (TPSA) is 64.6 Å². The first-order chi connectivity index (χ1) is 14.9. The summed E-state index contributed by atoms with van der Waals surface area (Å²) in [6.07, 6.45) is 4.10. The quantitative estimate of drug-likeness (QED) is 0.346. The molecule has 0 spiro atoms. The van der Waals surface area contributed by atoms with E-state index in [1.54, 1.807) is 31.4 Å². The first kappa shape index (κ1) is 24.4. The van der Waals surface area contributed by atoms with Crippen molar-refractivity contribution < 1.29 is 19.1 Å². The molecule has 0 aromatic heterocycles. The number of amides is 1. The van der Waals surface area contributed by atoms with Gasteiger partial charge in [-0.25, -0.2) is 0 Å². The number of unbranched alkanes of at least 4 members (excludes halogenated alkanes) is 1. The summed E-state index contributed by atoms with van der Waals surface area (Å²) in [7, 11) is 1.60. The molecule has 5 heteroatoms. The Hall–Kier alpha value is -2.82. The Morgan fingerprint density at radius 1 is 0.903 bits per heavy atom. The van der Waals surface area contributed by atoms with Gasteiger partial charge in [0.05, 0.1) is 13.2 Å². The van der Waals surface area contributed by atoms with Gasteiger partial charge in [-0.15, -0.1) is 0 Å². The number of hydrogen-bond donors (Lipinski definition) is 1. The number of hydrogen-bond acceptors (Lipinski definition) is 4. The first-order valence-corrected chi connectivity index (χ1v) is 11.1. The van der Waals surface area contributed by atoms with Crippen molar-refractivity contribution in [3.63, 3.8) is 0 Å². The first-order valence-electron chi connectivity index (χ1n) is 11.1. The molecule has 5 nitrogen and oxygen atoms in total. The van der Waals surface area contributed by atoms with Gasteiger partial charge in [0, 0.05) is 24.4 Å². The molecule has 1 N–H and O–H groups in total. The van der Waals surface area contributed by atoms with E-state index in [0.717, 1.165) is 24.3 Å². The molecule has 1 amide bonds. The van der Waals surface area contributed by atoms with Crippen molar-refractivity contribution in [2.75, 3.05) is 7.11 Å². The van der Waals surface area contributed by atoms with Crippen LogP contribution < -0.4 is 14.8 Å². The molecule has 2 rings (SSSR count). The van der Waals surface area contributed by atoms with Crippen LogP contribution in [0.2, 0.25) is 0 Å². The van der Waals surface area contributed by atoms with E-state index in [9.17, 15) is 9.59 Å². The van der Waals surface area contributed by atoms with E-state index in [2.05, 4.69) is 24.4 Å². The number of benzene rings is 2. The zero-order chi connectivity index (χ0) is 22.6. The average Bonchev–Trinajstić information content (AvgIpc) is 2.77. The van der Waals surface area contributed by atoms with Gasteiger partial charge in [-0.05, 0) is 81.5 Å². The smallest absolute Gasteiger partial charge is 0.220 e. The highest BCUT2D eigenvalue weighted by atomic mass is 16.5. The van der Waals surface area contributed by atoms with Gasteiger partial charge in [-0.2, -0.15) is 0 Å². The van der Waals surface area contributed by atoms with Gasteiger partial charge >= 0.3 is 0 Å². The maximum atomic E-state index is 12.3. The zero-order valence-electron chi connectivity index (χ0n) is 19.1. The van der Waals surface area contributed by atoms with E-state index in [4.69, 9.17) is 9.47 Å². The highest BCUT2D eigenvalue weighted by molar-refractivity contribution is 5.96. The van der Waals surface area contributed by atoms with Crippen LogP contribution in [0.5, 0.6) is 11.5 Å². The van der Waals surface area contributed by atoms with E-state index in [1.807, 2.05) is 26.0 Å². The van der Waals surface area contributed by atoms with Crippen molar-refractivity contribution in [1.29, 1.82) is 0 Å². The molecule has 0 fully saturated rings. The number of methoxy groups -OCH3 is 1.